The van der Waals surface area contributed by atoms with Crippen molar-refractivity contribution in [2.24, 2.45) is 0 Å². The first-order valence-electron chi connectivity index (χ1n) is 6.90. The predicted octanol–water partition coefficient (Wildman–Crippen LogP) is 3.02. The van der Waals surface area contributed by atoms with Crippen LogP contribution in [0.1, 0.15) is 5.56 Å². The summed E-state index contributed by atoms with van der Waals surface area (Å²) in [6.45, 7) is 0. The molecule has 2 aromatic heterocycles. The van der Waals surface area contributed by atoms with E-state index in [2.05, 4.69) is 4.98 Å². The number of thiazole rings is 1. The van der Waals surface area contributed by atoms with Crippen LogP contribution in [0.2, 0.25) is 5.02 Å². The van der Waals surface area contributed by atoms with Crippen molar-refractivity contribution in [1.82, 2.24) is 9.38 Å². The van der Waals surface area contributed by atoms with Gasteiger partial charge in [-0.25, -0.2) is 9.38 Å². The number of nitro benzene ring substituents is 1. The monoisotopic (exact) mass is 357 g/mol. The van der Waals surface area contributed by atoms with Crippen LogP contribution in [-0.4, -0.2) is 14.3 Å². The Kier molecular flexibility index (Phi) is 3.33. The number of benzene rings is 2. The van der Waals surface area contributed by atoms with E-state index in [4.69, 9.17) is 11.6 Å². The van der Waals surface area contributed by atoms with Gasteiger partial charge in [0.15, 0.2) is 4.96 Å². The summed E-state index contributed by atoms with van der Waals surface area (Å²) in [5.41, 5.74) is 1.66. The molecule has 0 aliphatic carbocycles. The maximum atomic E-state index is 12.6. The minimum atomic E-state index is -0.549. The van der Waals surface area contributed by atoms with Gasteiger partial charge in [-0.2, -0.15) is 0 Å². The summed E-state index contributed by atoms with van der Waals surface area (Å²) in [6.07, 6.45) is 1.61. The maximum absolute atomic E-state index is 12.6. The minimum absolute atomic E-state index is 0.0615. The quantitative estimate of drug-likeness (QED) is 0.408. The van der Waals surface area contributed by atoms with E-state index in [9.17, 15) is 14.9 Å². The number of aromatic nitrogens is 2. The Labute approximate surface area is 143 Å². The first-order valence-corrected chi connectivity index (χ1v) is 8.10. The van der Waals surface area contributed by atoms with Crippen molar-refractivity contribution in [3.63, 3.8) is 0 Å². The van der Waals surface area contributed by atoms with E-state index in [-0.39, 0.29) is 16.3 Å². The van der Waals surface area contributed by atoms with Gasteiger partial charge in [0.05, 0.1) is 20.5 Å². The molecule has 0 saturated carbocycles. The van der Waals surface area contributed by atoms with E-state index in [0.717, 1.165) is 11.0 Å². The lowest BCUT2D eigenvalue weighted by atomic mass is 10.2. The molecule has 4 rings (SSSR count). The molecule has 0 atom stereocenters. The Hall–Kier alpha value is -2.77. The van der Waals surface area contributed by atoms with E-state index in [1.54, 1.807) is 16.5 Å². The van der Waals surface area contributed by atoms with Crippen molar-refractivity contribution < 1.29 is 4.92 Å². The summed E-state index contributed by atoms with van der Waals surface area (Å²) < 4.78 is 2.01. The molecule has 0 aliphatic rings. The van der Waals surface area contributed by atoms with E-state index < -0.39 is 4.92 Å². The van der Waals surface area contributed by atoms with Gasteiger partial charge >= 0.3 is 0 Å². The van der Waals surface area contributed by atoms with Crippen LogP contribution in [0.3, 0.4) is 0 Å². The molecule has 0 saturated heterocycles. The van der Waals surface area contributed by atoms with Crippen molar-refractivity contribution >= 4 is 50.7 Å². The molecule has 2 aromatic carbocycles. The molecule has 0 N–H and O–H groups in total. The van der Waals surface area contributed by atoms with E-state index in [0.29, 0.717) is 15.1 Å². The Balaban J connectivity index is 1.95. The molecule has 8 heteroatoms. The van der Waals surface area contributed by atoms with Crippen LogP contribution < -0.4 is 10.1 Å². The maximum Gasteiger partial charge on any atom is 0.288 e. The standard InChI is InChI=1S/C16H8ClN3O3S/c17-10-6-5-9(7-13(10)20(22)23)8-14-15(21)19-12-4-2-1-3-11(12)18-16(19)24-14/h1-8H. The van der Waals surface area contributed by atoms with Crippen LogP contribution in [-0.2, 0) is 0 Å². The predicted molar refractivity (Wildman–Crippen MR) is 93.7 cm³/mol. The number of rotatable bonds is 2. The lowest BCUT2D eigenvalue weighted by Gasteiger charge is -1.96. The van der Waals surface area contributed by atoms with E-state index in [1.165, 1.54) is 23.5 Å². The highest BCUT2D eigenvalue weighted by Crippen LogP contribution is 2.25. The fourth-order valence-electron chi connectivity index (χ4n) is 2.52. The fraction of sp³-hybridized carbons (Fsp3) is 0. The average Bonchev–Trinajstić information content (AvgIpc) is 3.06. The van der Waals surface area contributed by atoms with E-state index >= 15 is 0 Å². The number of fused-ring (bicyclic) bond motifs is 3. The topological polar surface area (TPSA) is 77.5 Å². The SMILES string of the molecule is O=c1c(=Cc2ccc(Cl)c([N+](=O)[O-])c2)sc2nc3ccccc3n12. The van der Waals surface area contributed by atoms with Crippen LogP contribution in [0.25, 0.3) is 22.1 Å². The molecule has 0 fully saturated rings. The number of hydrogen-bond donors (Lipinski definition) is 0. The first-order chi connectivity index (χ1) is 11.5. The van der Waals surface area contributed by atoms with Gasteiger partial charge in [-0.1, -0.05) is 41.1 Å². The van der Waals surface area contributed by atoms with Crippen molar-refractivity contribution in [2.75, 3.05) is 0 Å². The molecule has 24 heavy (non-hydrogen) atoms. The van der Waals surface area contributed by atoms with Crippen LogP contribution in [0.4, 0.5) is 5.69 Å². The smallest absolute Gasteiger partial charge is 0.267 e. The molecule has 0 bridgehead atoms. The van der Waals surface area contributed by atoms with Crippen molar-refractivity contribution in [3.05, 3.63) is 78.1 Å². The summed E-state index contributed by atoms with van der Waals surface area (Å²) >= 11 is 7.05. The van der Waals surface area contributed by atoms with Crippen molar-refractivity contribution in [3.8, 4) is 0 Å². The molecule has 0 amide bonds. The molecule has 4 aromatic rings. The number of nitro groups is 1. The van der Waals surface area contributed by atoms with Gasteiger partial charge in [0.25, 0.3) is 11.2 Å². The minimum Gasteiger partial charge on any atom is -0.267 e. The van der Waals surface area contributed by atoms with Crippen molar-refractivity contribution in [2.45, 2.75) is 0 Å². The third kappa shape index (κ3) is 2.26. The van der Waals surface area contributed by atoms with Gasteiger partial charge in [0, 0.05) is 6.07 Å². The number of nitrogens with zero attached hydrogens (tertiary/aromatic N) is 3. The van der Waals surface area contributed by atoms with Crippen LogP contribution in [0, 0.1) is 10.1 Å². The Bertz CT molecular complexity index is 1230. The van der Waals surface area contributed by atoms with Crippen LogP contribution in [0.15, 0.2) is 47.3 Å². The number of para-hydroxylation sites is 2. The van der Waals surface area contributed by atoms with Gasteiger partial charge < -0.3 is 0 Å². The lowest BCUT2D eigenvalue weighted by molar-refractivity contribution is -0.384. The second-order valence-electron chi connectivity index (χ2n) is 5.10. The van der Waals surface area contributed by atoms with Crippen LogP contribution >= 0.6 is 22.9 Å². The fourth-order valence-corrected chi connectivity index (χ4v) is 3.70. The zero-order valence-electron chi connectivity index (χ0n) is 12.0. The Morgan fingerprint density at radius 2 is 2.04 bits per heavy atom. The summed E-state index contributed by atoms with van der Waals surface area (Å²) in [6, 6.07) is 11.8. The Morgan fingerprint density at radius 3 is 2.83 bits per heavy atom. The molecule has 0 aliphatic heterocycles. The molecule has 6 nitrogen and oxygen atoms in total. The molecular weight excluding hydrogens is 350 g/mol. The largest absolute Gasteiger partial charge is 0.288 e. The molecular formula is C16H8ClN3O3S. The van der Waals surface area contributed by atoms with Gasteiger partial charge in [0.1, 0.15) is 5.02 Å². The second kappa shape index (κ2) is 5.40. The summed E-state index contributed by atoms with van der Waals surface area (Å²) in [5, 5.41) is 11.0. The second-order valence-corrected chi connectivity index (χ2v) is 6.52. The highest BCUT2D eigenvalue weighted by Gasteiger charge is 2.13. The van der Waals surface area contributed by atoms with Gasteiger partial charge in [-0.3, -0.25) is 14.9 Å². The highest BCUT2D eigenvalue weighted by atomic mass is 35.5. The number of imidazole rings is 1. The average molecular weight is 358 g/mol. The first kappa shape index (κ1) is 14.8. The molecule has 2 heterocycles. The number of halogens is 1. The molecule has 0 spiro atoms. The van der Waals surface area contributed by atoms with Gasteiger partial charge in [0.2, 0.25) is 0 Å². The van der Waals surface area contributed by atoms with Crippen molar-refractivity contribution in [1.29, 1.82) is 0 Å². The van der Waals surface area contributed by atoms with Gasteiger partial charge in [-0.05, 0) is 29.8 Å². The van der Waals surface area contributed by atoms with Crippen LogP contribution in [0.5, 0.6) is 0 Å². The highest BCUT2D eigenvalue weighted by molar-refractivity contribution is 7.15. The summed E-state index contributed by atoms with van der Waals surface area (Å²) in [4.78, 5) is 28.1. The van der Waals surface area contributed by atoms with E-state index in [1.807, 2.05) is 24.3 Å². The summed E-state index contributed by atoms with van der Waals surface area (Å²) in [5.74, 6) is 0. The van der Waals surface area contributed by atoms with Gasteiger partial charge in [-0.15, -0.1) is 0 Å². The third-order valence-electron chi connectivity index (χ3n) is 3.61. The molecule has 0 radical (unpaired) electrons. The number of hydrogen-bond acceptors (Lipinski definition) is 5. The molecule has 0 unspecified atom stereocenters. The molecule has 118 valence electrons. The third-order valence-corrected chi connectivity index (χ3v) is 4.90. The lowest BCUT2D eigenvalue weighted by Crippen LogP contribution is -2.22. The zero-order chi connectivity index (χ0) is 16.8. The normalized spacial score (nSPS) is 12.3. The Morgan fingerprint density at radius 1 is 1.25 bits per heavy atom. The zero-order valence-corrected chi connectivity index (χ0v) is 13.5. The summed E-state index contributed by atoms with van der Waals surface area (Å²) in [7, 11) is 0.